The first kappa shape index (κ1) is 18.5. The van der Waals surface area contributed by atoms with Crippen LogP contribution in [0.15, 0.2) is 24.3 Å². The second-order valence-electron chi connectivity index (χ2n) is 5.52. The molecule has 134 valence electrons. The van der Waals surface area contributed by atoms with Crippen LogP contribution in [0.1, 0.15) is 19.4 Å². The Kier molecular flexibility index (Phi) is 6.38. The largest absolute Gasteiger partial charge is 0.462 e. The molecule has 0 radical (unpaired) electrons. The van der Waals surface area contributed by atoms with Gasteiger partial charge in [0.15, 0.2) is 0 Å². The molecule has 2 rings (SSSR count). The fourth-order valence-corrected chi connectivity index (χ4v) is 2.29. The van der Waals surface area contributed by atoms with E-state index in [1.807, 2.05) is 0 Å². The van der Waals surface area contributed by atoms with Crippen molar-refractivity contribution in [1.29, 1.82) is 0 Å². The SMILES string of the molecule is CCOC(=O)NCc1ccc(OC2O[C@H](C)[C@@H](O)[C@H](O)[C@@H]2O)cc1. The minimum Gasteiger partial charge on any atom is -0.462 e. The minimum atomic E-state index is -1.36. The van der Waals surface area contributed by atoms with E-state index < -0.39 is 36.8 Å². The zero-order valence-electron chi connectivity index (χ0n) is 13.6. The molecule has 1 unspecified atom stereocenters. The Morgan fingerprint density at radius 3 is 2.46 bits per heavy atom. The molecule has 1 aromatic carbocycles. The first-order chi connectivity index (χ1) is 11.4. The highest BCUT2D eigenvalue weighted by atomic mass is 16.7. The van der Waals surface area contributed by atoms with Crippen molar-refractivity contribution in [2.45, 2.75) is 51.1 Å². The van der Waals surface area contributed by atoms with E-state index in [2.05, 4.69) is 5.32 Å². The lowest BCUT2D eigenvalue weighted by Crippen LogP contribution is -2.58. The molecule has 24 heavy (non-hydrogen) atoms. The van der Waals surface area contributed by atoms with E-state index in [0.29, 0.717) is 18.9 Å². The van der Waals surface area contributed by atoms with Crippen LogP contribution in [0.25, 0.3) is 0 Å². The molecular weight excluding hydrogens is 318 g/mol. The number of benzene rings is 1. The molecule has 0 spiro atoms. The summed E-state index contributed by atoms with van der Waals surface area (Å²) in [6, 6.07) is 6.79. The molecule has 4 N–H and O–H groups in total. The molecule has 1 aliphatic rings. The lowest BCUT2D eigenvalue weighted by Gasteiger charge is -2.38. The van der Waals surface area contributed by atoms with Gasteiger partial charge in [0.2, 0.25) is 6.29 Å². The maximum Gasteiger partial charge on any atom is 0.407 e. The van der Waals surface area contributed by atoms with Crippen molar-refractivity contribution >= 4 is 6.09 Å². The quantitative estimate of drug-likeness (QED) is 0.602. The molecule has 5 atom stereocenters. The Morgan fingerprint density at radius 1 is 1.17 bits per heavy atom. The summed E-state index contributed by atoms with van der Waals surface area (Å²) in [5, 5.41) is 31.9. The van der Waals surface area contributed by atoms with E-state index in [9.17, 15) is 20.1 Å². The van der Waals surface area contributed by atoms with Crippen LogP contribution in [-0.4, -0.2) is 58.7 Å². The standard InChI is InChI=1S/C16H23NO7/c1-3-22-16(21)17-8-10-4-6-11(7-5-10)24-15-14(20)13(19)12(18)9(2)23-15/h4-7,9,12-15,18-20H,3,8H2,1-2H3,(H,17,21)/t9-,12-,13+,14+,15?/m1/s1. The van der Waals surface area contributed by atoms with Crippen molar-refractivity contribution < 1.29 is 34.3 Å². The molecule has 0 bridgehead atoms. The third-order valence-electron chi connectivity index (χ3n) is 3.70. The zero-order valence-corrected chi connectivity index (χ0v) is 13.6. The Labute approximate surface area is 140 Å². The maximum atomic E-state index is 11.2. The topological polar surface area (TPSA) is 117 Å². The molecular formula is C16H23NO7. The summed E-state index contributed by atoms with van der Waals surface area (Å²) >= 11 is 0. The number of amides is 1. The maximum absolute atomic E-state index is 11.2. The predicted octanol–water partition coefficient (Wildman–Crippen LogP) is 0.139. The fraction of sp³-hybridized carbons (Fsp3) is 0.562. The van der Waals surface area contributed by atoms with E-state index >= 15 is 0 Å². The van der Waals surface area contributed by atoms with Crippen molar-refractivity contribution in [1.82, 2.24) is 5.32 Å². The van der Waals surface area contributed by atoms with Gasteiger partial charge in [0.25, 0.3) is 0 Å². The molecule has 8 nitrogen and oxygen atoms in total. The van der Waals surface area contributed by atoms with Crippen LogP contribution in [0.4, 0.5) is 4.79 Å². The first-order valence-electron chi connectivity index (χ1n) is 7.78. The number of rotatable bonds is 5. The number of alkyl carbamates (subject to hydrolysis) is 1. The van der Waals surface area contributed by atoms with Gasteiger partial charge >= 0.3 is 6.09 Å². The third-order valence-corrected chi connectivity index (χ3v) is 3.70. The average molecular weight is 341 g/mol. The highest BCUT2D eigenvalue weighted by Gasteiger charge is 2.43. The Bertz CT molecular complexity index is 536. The summed E-state index contributed by atoms with van der Waals surface area (Å²) in [5.41, 5.74) is 0.837. The monoisotopic (exact) mass is 341 g/mol. The summed E-state index contributed by atoms with van der Waals surface area (Å²) in [6.45, 7) is 3.93. The van der Waals surface area contributed by atoms with Gasteiger partial charge in [0.05, 0.1) is 12.7 Å². The van der Waals surface area contributed by atoms with E-state index in [0.717, 1.165) is 5.56 Å². The highest BCUT2D eigenvalue weighted by molar-refractivity contribution is 5.67. The van der Waals surface area contributed by atoms with Crippen molar-refractivity contribution in [3.8, 4) is 5.75 Å². The zero-order chi connectivity index (χ0) is 17.7. The molecule has 0 saturated carbocycles. The van der Waals surface area contributed by atoms with E-state index in [1.54, 1.807) is 38.1 Å². The van der Waals surface area contributed by atoms with Crippen LogP contribution in [0.2, 0.25) is 0 Å². The van der Waals surface area contributed by atoms with Crippen LogP contribution in [0, 0.1) is 0 Å². The van der Waals surface area contributed by atoms with Crippen LogP contribution in [0.3, 0.4) is 0 Å². The van der Waals surface area contributed by atoms with Gasteiger partial charge in [-0.15, -0.1) is 0 Å². The average Bonchev–Trinajstić information content (AvgIpc) is 2.57. The van der Waals surface area contributed by atoms with Crippen LogP contribution in [-0.2, 0) is 16.0 Å². The fourth-order valence-electron chi connectivity index (χ4n) is 2.29. The molecule has 1 fully saturated rings. The molecule has 1 aliphatic heterocycles. The van der Waals surface area contributed by atoms with Crippen molar-refractivity contribution in [2.75, 3.05) is 6.61 Å². The van der Waals surface area contributed by atoms with E-state index in [4.69, 9.17) is 14.2 Å². The smallest absolute Gasteiger partial charge is 0.407 e. The summed E-state index contributed by atoms with van der Waals surface area (Å²) in [6.07, 6.45) is -6.11. The van der Waals surface area contributed by atoms with Crippen LogP contribution < -0.4 is 10.1 Å². The normalized spacial score (nSPS) is 29.8. The van der Waals surface area contributed by atoms with E-state index in [1.165, 1.54) is 0 Å². The Morgan fingerprint density at radius 2 is 1.83 bits per heavy atom. The summed E-state index contributed by atoms with van der Waals surface area (Å²) in [4.78, 5) is 11.2. The van der Waals surface area contributed by atoms with Gasteiger partial charge in [-0.3, -0.25) is 0 Å². The number of hydrogen-bond acceptors (Lipinski definition) is 7. The number of carbonyl (C=O) groups is 1. The van der Waals surface area contributed by atoms with Crippen molar-refractivity contribution in [3.63, 3.8) is 0 Å². The van der Waals surface area contributed by atoms with E-state index in [-0.39, 0.29) is 0 Å². The first-order valence-corrected chi connectivity index (χ1v) is 7.78. The van der Waals surface area contributed by atoms with Crippen LogP contribution >= 0.6 is 0 Å². The second-order valence-corrected chi connectivity index (χ2v) is 5.52. The summed E-state index contributed by atoms with van der Waals surface area (Å²) in [5.74, 6) is 0.426. The molecule has 1 heterocycles. The van der Waals surface area contributed by atoms with Gasteiger partial charge in [-0.05, 0) is 31.5 Å². The number of aliphatic hydroxyl groups excluding tert-OH is 3. The number of aliphatic hydroxyl groups is 3. The van der Waals surface area contributed by atoms with Gasteiger partial charge in [0, 0.05) is 6.54 Å². The van der Waals surface area contributed by atoms with Gasteiger partial charge in [-0.1, -0.05) is 12.1 Å². The number of ether oxygens (including phenoxy) is 3. The van der Waals surface area contributed by atoms with Crippen molar-refractivity contribution in [3.05, 3.63) is 29.8 Å². The van der Waals surface area contributed by atoms with Gasteiger partial charge in [0.1, 0.15) is 24.1 Å². The van der Waals surface area contributed by atoms with Crippen LogP contribution in [0.5, 0.6) is 5.75 Å². The lowest BCUT2D eigenvalue weighted by atomic mass is 10.00. The van der Waals surface area contributed by atoms with Crippen molar-refractivity contribution in [2.24, 2.45) is 0 Å². The number of hydrogen-bond donors (Lipinski definition) is 4. The molecule has 1 saturated heterocycles. The molecule has 8 heteroatoms. The molecule has 0 aromatic heterocycles. The number of nitrogens with one attached hydrogen (secondary N) is 1. The van der Waals surface area contributed by atoms with Gasteiger partial charge in [-0.25, -0.2) is 4.79 Å². The summed E-state index contributed by atoms with van der Waals surface area (Å²) < 4.78 is 15.7. The second kappa shape index (κ2) is 8.29. The lowest BCUT2D eigenvalue weighted by molar-refractivity contribution is -0.268. The number of carbonyl (C=O) groups excluding carboxylic acids is 1. The molecule has 1 amide bonds. The third kappa shape index (κ3) is 4.57. The Balaban J connectivity index is 1.90. The Hall–Kier alpha value is -1.87. The molecule has 1 aromatic rings. The minimum absolute atomic E-state index is 0.307. The summed E-state index contributed by atoms with van der Waals surface area (Å²) in [7, 11) is 0. The predicted molar refractivity (Wildman–Crippen MR) is 83.3 cm³/mol. The van der Waals surface area contributed by atoms with Gasteiger partial charge < -0.3 is 34.8 Å². The highest BCUT2D eigenvalue weighted by Crippen LogP contribution is 2.24. The van der Waals surface area contributed by atoms with Gasteiger partial charge in [-0.2, -0.15) is 0 Å². The molecule has 0 aliphatic carbocycles.